The van der Waals surface area contributed by atoms with E-state index in [1.807, 2.05) is 0 Å². The van der Waals surface area contributed by atoms with E-state index in [4.69, 9.17) is 6.57 Å². The zero-order chi connectivity index (χ0) is 24.5. The van der Waals surface area contributed by atoms with Crippen LogP contribution in [0.25, 0.3) is 38.1 Å². The monoisotopic (exact) mass is 475 g/mol. The smallest absolute Gasteiger partial charge is 0.223 e. The number of hydrogen-bond acceptors (Lipinski definition) is 5. The standard InChI is InChI=1S/C26H20F3N5O/c1-30-21-6-3-16(11-19(21)28)25-17-10-15(23-18(27)4-7-22(35)24(23)29)2-5-20(17)33-26(34-25)32-13-14-8-9-31-12-14/h2-7,10-11,14,31,35H,8-9,12-13H2,(H,32,33,34)/t14-/m0/s1. The molecule has 6 nitrogen and oxygen atoms in total. The number of nitrogens with zero attached hydrogens (tertiary/aromatic N) is 3. The summed E-state index contributed by atoms with van der Waals surface area (Å²) in [7, 11) is 0. The van der Waals surface area contributed by atoms with Crippen LogP contribution in [0.4, 0.5) is 24.8 Å². The molecule has 0 aliphatic carbocycles. The van der Waals surface area contributed by atoms with E-state index in [1.165, 1.54) is 24.3 Å². The molecular weight excluding hydrogens is 455 g/mol. The highest BCUT2D eigenvalue weighted by atomic mass is 19.1. The molecule has 2 heterocycles. The minimum absolute atomic E-state index is 0.121. The Labute approximate surface area is 199 Å². The molecule has 1 aliphatic rings. The van der Waals surface area contributed by atoms with Crippen molar-refractivity contribution < 1.29 is 18.3 Å². The number of phenolic OH excluding ortho intramolecular Hbond substituents is 1. The molecular formula is C26H20F3N5O. The summed E-state index contributed by atoms with van der Waals surface area (Å²) in [6.07, 6.45) is 1.03. The third-order valence-corrected chi connectivity index (χ3v) is 6.11. The molecule has 9 heteroatoms. The first-order chi connectivity index (χ1) is 16.9. The summed E-state index contributed by atoms with van der Waals surface area (Å²) in [5.74, 6) is -2.52. The van der Waals surface area contributed by atoms with E-state index in [0.29, 0.717) is 40.6 Å². The van der Waals surface area contributed by atoms with Crippen LogP contribution in [0.2, 0.25) is 0 Å². The van der Waals surface area contributed by atoms with Crippen LogP contribution in [0.5, 0.6) is 5.75 Å². The van der Waals surface area contributed by atoms with Crippen molar-refractivity contribution in [2.45, 2.75) is 6.42 Å². The summed E-state index contributed by atoms with van der Waals surface area (Å²) in [4.78, 5) is 12.3. The molecule has 1 saturated heterocycles. The number of benzene rings is 3. The fraction of sp³-hybridized carbons (Fsp3) is 0.192. The molecule has 1 aliphatic heterocycles. The molecule has 0 radical (unpaired) electrons. The summed E-state index contributed by atoms with van der Waals surface area (Å²) in [6.45, 7) is 9.59. The van der Waals surface area contributed by atoms with Gasteiger partial charge in [0.2, 0.25) is 11.6 Å². The molecule has 0 unspecified atom stereocenters. The first-order valence-corrected chi connectivity index (χ1v) is 11.1. The van der Waals surface area contributed by atoms with Gasteiger partial charge in [0.25, 0.3) is 0 Å². The SMILES string of the molecule is [C-]#[N+]c1ccc(-c2nc(NC[C@H]3CCNC3)nc3ccc(-c4c(F)ccc(O)c4F)cc23)cc1F. The largest absolute Gasteiger partial charge is 0.505 e. The minimum atomic E-state index is -1.08. The zero-order valence-electron chi connectivity index (χ0n) is 18.4. The Bertz CT molecular complexity index is 1480. The Kier molecular flexibility index (Phi) is 5.97. The maximum Gasteiger partial charge on any atom is 0.223 e. The van der Waals surface area contributed by atoms with Crippen molar-refractivity contribution in [2.24, 2.45) is 5.92 Å². The van der Waals surface area contributed by atoms with Crippen molar-refractivity contribution in [3.63, 3.8) is 0 Å². The number of rotatable bonds is 5. The van der Waals surface area contributed by atoms with Crippen molar-refractivity contribution in [3.05, 3.63) is 77.4 Å². The molecule has 0 saturated carbocycles. The highest BCUT2D eigenvalue weighted by molar-refractivity contribution is 5.96. The van der Waals surface area contributed by atoms with Gasteiger partial charge in [0.05, 0.1) is 23.3 Å². The number of halogens is 3. The number of aromatic nitrogens is 2. The molecule has 3 N–H and O–H groups in total. The lowest BCUT2D eigenvalue weighted by molar-refractivity contribution is 0.429. The topological polar surface area (TPSA) is 74.4 Å². The van der Waals surface area contributed by atoms with Gasteiger partial charge in [0, 0.05) is 17.5 Å². The van der Waals surface area contributed by atoms with Crippen LogP contribution in [-0.4, -0.2) is 34.7 Å². The van der Waals surface area contributed by atoms with Gasteiger partial charge < -0.3 is 15.7 Å². The van der Waals surface area contributed by atoms with Crippen molar-refractivity contribution in [3.8, 4) is 28.1 Å². The molecule has 1 atom stereocenters. The van der Waals surface area contributed by atoms with Crippen LogP contribution in [0.3, 0.4) is 0 Å². The van der Waals surface area contributed by atoms with Gasteiger partial charge in [-0.2, -0.15) is 0 Å². The molecule has 5 rings (SSSR count). The van der Waals surface area contributed by atoms with Crippen LogP contribution in [0.15, 0.2) is 48.5 Å². The number of aromatic hydroxyl groups is 1. The third kappa shape index (κ3) is 4.36. The summed E-state index contributed by atoms with van der Waals surface area (Å²) in [5.41, 5.74) is 0.889. The lowest BCUT2D eigenvalue weighted by Crippen LogP contribution is -2.18. The van der Waals surface area contributed by atoms with Gasteiger partial charge >= 0.3 is 0 Å². The Hall–Kier alpha value is -4.16. The van der Waals surface area contributed by atoms with E-state index >= 15 is 0 Å². The Morgan fingerprint density at radius 1 is 1.03 bits per heavy atom. The zero-order valence-corrected chi connectivity index (χ0v) is 18.4. The second kappa shape index (κ2) is 9.24. The maximum absolute atomic E-state index is 14.6. The summed E-state index contributed by atoms with van der Waals surface area (Å²) < 4.78 is 43.6. The van der Waals surface area contributed by atoms with E-state index in [9.17, 15) is 18.3 Å². The Morgan fingerprint density at radius 2 is 1.86 bits per heavy atom. The molecule has 0 amide bonds. The number of hydrogen-bond donors (Lipinski definition) is 3. The van der Waals surface area contributed by atoms with E-state index in [-0.39, 0.29) is 16.8 Å². The fourth-order valence-corrected chi connectivity index (χ4v) is 4.26. The average Bonchev–Trinajstić information content (AvgIpc) is 3.38. The minimum Gasteiger partial charge on any atom is -0.505 e. The van der Waals surface area contributed by atoms with Crippen LogP contribution in [0, 0.1) is 29.9 Å². The highest BCUT2D eigenvalue weighted by Gasteiger charge is 2.19. The molecule has 0 bridgehead atoms. The summed E-state index contributed by atoms with van der Waals surface area (Å²) in [5, 5.41) is 16.7. The van der Waals surface area contributed by atoms with Crippen molar-refractivity contribution in [1.29, 1.82) is 0 Å². The predicted molar refractivity (Wildman–Crippen MR) is 128 cm³/mol. The second-order valence-electron chi connectivity index (χ2n) is 8.40. The first-order valence-electron chi connectivity index (χ1n) is 11.1. The van der Waals surface area contributed by atoms with Gasteiger partial charge in [-0.25, -0.2) is 28.0 Å². The predicted octanol–water partition coefficient (Wildman–Crippen LogP) is 5.66. The quantitative estimate of drug-likeness (QED) is 0.325. The normalized spacial score (nSPS) is 15.3. The van der Waals surface area contributed by atoms with Gasteiger partial charge in [-0.3, -0.25) is 0 Å². The Balaban J connectivity index is 1.66. The lowest BCUT2D eigenvalue weighted by Gasteiger charge is -2.14. The van der Waals surface area contributed by atoms with E-state index < -0.39 is 23.2 Å². The van der Waals surface area contributed by atoms with Crippen molar-refractivity contribution in [2.75, 3.05) is 25.0 Å². The molecule has 0 spiro atoms. The molecule has 35 heavy (non-hydrogen) atoms. The first kappa shape index (κ1) is 22.6. The number of nitrogens with one attached hydrogen (secondary N) is 2. The van der Waals surface area contributed by atoms with Gasteiger partial charge in [-0.1, -0.05) is 18.2 Å². The van der Waals surface area contributed by atoms with Gasteiger partial charge in [0.1, 0.15) is 11.6 Å². The van der Waals surface area contributed by atoms with Gasteiger partial charge in [-0.05, 0) is 61.3 Å². The average molecular weight is 475 g/mol. The Morgan fingerprint density at radius 3 is 2.60 bits per heavy atom. The van der Waals surface area contributed by atoms with Crippen LogP contribution < -0.4 is 10.6 Å². The van der Waals surface area contributed by atoms with Crippen LogP contribution in [-0.2, 0) is 0 Å². The summed E-state index contributed by atoms with van der Waals surface area (Å²) >= 11 is 0. The molecule has 4 aromatic rings. The van der Waals surface area contributed by atoms with Crippen molar-refractivity contribution >= 4 is 22.5 Å². The van der Waals surface area contributed by atoms with Crippen LogP contribution >= 0.6 is 0 Å². The highest BCUT2D eigenvalue weighted by Crippen LogP contribution is 2.36. The fourth-order valence-electron chi connectivity index (χ4n) is 4.26. The van der Waals surface area contributed by atoms with Crippen molar-refractivity contribution in [1.82, 2.24) is 15.3 Å². The van der Waals surface area contributed by atoms with Crippen LogP contribution in [0.1, 0.15) is 6.42 Å². The molecule has 1 fully saturated rings. The molecule has 176 valence electrons. The van der Waals surface area contributed by atoms with Gasteiger partial charge in [-0.15, -0.1) is 0 Å². The maximum atomic E-state index is 14.6. The van der Waals surface area contributed by atoms with E-state index in [0.717, 1.165) is 31.6 Å². The third-order valence-electron chi connectivity index (χ3n) is 6.11. The number of phenols is 1. The van der Waals surface area contributed by atoms with E-state index in [2.05, 4.69) is 25.4 Å². The second-order valence-corrected chi connectivity index (χ2v) is 8.40. The molecule has 3 aromatic carbocycles. The summed E-state index contributed by atoms with van der Waals surface area (Å²) in [6, 6.07) is 10.7. The number of anilines is 1. The number of fused-ring (bicyclic) bond motifs is 1. The van der Waals surface area contributed by atoms with Gasteiger partial charge in [0.15, 0.2) is 11.6 Å². The van der Waals surface area contributed by atoms with E-state index in [1.54, 1.807) is 12.1 Å². The lowest BCUT2D eigenvalue weighted by atomic mass is 9.99. The molecule has 1 aromatic heterocycles.